The van der Waals surface area contributed by atoms with E-state index in [1.165, 1.54) is 0 Å². The Morgan fingerprint density at radius 3 is 2.44 bits per heavy atom. The number of nitrogens with zero attached hydrogens (tertiary/aromatic N) is 1. The van der Waals surface area contributed by atoms with Gasteiger partial charge >= 0.3 is 0 Å². The molecule has 25 heavy (non-hydrogen) atoms. The molecule has 4 nitrogen and oxygen atoms in total. The Morgan fingerprint density at radius 1 is 1.00 bits per heavy atom. The normalized spacial score (nSPS) is 20.2. The van der Waals surface area contributed by atoms with Gasteiger partial charge in [-0.1, -0.05) is 24.3 Å². The average Bonchev–Trinajstić information content (AvgIpc) is 2.90. The Labute approximate surface area is 147 Å². The summed E-state index contributed by atoms with van der Waals surface area (Å²) >= 11 is 0. The van der Waals surface area contributed by atoms with Crippen LogP contribution in [-0.2, 0) is 16.3 Å². The fourth-order valence-electron chi connectivity index (χ4n) is 3.95. The van der Waals surface area contributed by atoms with E-state index >= 15 is 0 Å². The van der Waals surface area contributed by atoms with Crippen LogP contribution in [0.25, 0.3) is 11.1 Å². The van der Waals surface area contributed by atoms with Crippen molar-refractivity contribution >= 4 is 15.6 Å². The summed E-state index contributed by atoms with van der Waals surface area (Å²) in [4.78, 5) is 13.0. The number of nitriles is 1. The summed E-state index contributed by atoms with van der Waals surface area (Å²) in [6, 6.07) is 15.3. The zero-order chi connectivity index (χ0) is 17.7. The van der Waals surface area contributed by atoms with Crippen molar-refractivity contribution in [3.8, 4) is 17.2 Å². The molecule has 0 saturated carbocycles. The third-order valence-electron chi connectivity index (χ3n) is 5.47. The van der Waals surface area contributed by atoms with Gasteiger partial charge in [-0.05, 0) is 54.2 Å². The lowest BCUT2D eigenvalue weighted by Crippen LogP contribution is -2.38. The highest BCUT2D eigenvalue weighted by Gasteiger charge is 2.48. The molecule has 5 heteroatoms. The van der Waals surface area contributed by atoms with E-state index in [0.717, 1.165) is 16.7 Å². The first-order valence-corrected chi connectivity index (χ1v) is 10.1. The number of sulfone groups is 1. The molecule has 1 aliphatic heterocycles. The molecular weight excluding hydrogens is 334 g/mol. The molecule has 0 aromatic heterocycles. The van der Waals surface area contributed by atoms with Crippen molar-refractivity contribution in [1.82, 2.24) is 0 Å². The van der Waals surface area contributed by atoms with Crippen LogP contribution in [0.2, 0.25) is 0 Å². The number of benzene rings is 2. The summed E-state index contributed by atoms with van der Waals surface area (Å²) in [6.45, 7) is 0. The van der Waals surface area contributed by atoms with Crippen molar-refractivity contribution in [3.63, 3.8) is 0 Å². The topological polar surface area (TPSA) is 75.0 Å². The minimum Gasteiger partial charge on any atom is -0.294 e. The molecule has 0 atom stereocenters. The number of Topliss-reactive ketones (excluding diaryl/α,β-unsaturated/α-hetero) is 1. The van der Waals surface area contributed by atoms with Gasteiger partial charge in [0.2, 0.25) is 0 Å². The SMILES string of the molecule is N#Cc1cccc(-c2ccc3c(c2)C(=O)C2(CCS(=O)(=O)CC2)C3)c1. The molecule has 1 spiro atoms. The lowest BCUT2D eigenvalue weighted by atomic mass is 9.78. The van der Waals surface area contributed by atoms with E-state index in [0.29, 0.717) is 30.4 Å². The molecule has 2 aromatic carbocycles. The Balaban J connectivity index is 1.70. The third kappa shape index (κ3) is 2.67. The van der Waals surface area contributed by atoms with Gasteiger partial charge in [0, 0.05) is 11.0 Å². The van der Waals surface area contributed by atoms with Crippen LogP contribution in [-0.4, -0.2) is 25.7 Å². The van der Waals surface area contributed by atoms with Crippen LogP contribution >= 0.6 is 0 Å². The highest BCUT2D eigenvalue weighted by Crippen LogP contribution is 2.45. The summed E-state index contributed by atoms with van der Waals surface area (Å²) in [5.41, 5.74) is 3.56. The van der Waals surface area contributed by atoms with Crippen molar-refractivity contribution in [2.24, 2.45) is 5.41 Å². The Bertz CT molecular complexity index is 1020. The fraction of sp³-hybridized carbons (Fsp3) is 0.300. The molecule has 1 fully saturated rings. The van der Waals surface area contributed by atoms with Crippen LogP contribution in [0.5, 0.6) is 0 Å². The van der Waals surface area contributed by atoms with Crippen molar-refractivity contribution in [2.75, 3.05) is 11.5 Å². The van der Waals surface area contributed by atoms with Gasteiger partial charge in [-0.15, -0.1) is 0 Å². The third-order valence-corrected chi connectivity index (χ3v) is 7.13. The van der Waals surface area contributed by atoms with E-state index < -0.39 is 15.3 Å². The lowest BCUT2D eigenvalue weighted by Gasteiger charge is -2.31. The maximum Gasteiger partial charge on any atom is 0.169 e. The van der Waals surface area contributed by atoms with Crippen molar-refractivity contribution < 1.29 is 13.2 Å². The molecule has 2 aromatic rings. The molecule has 0 bridgehead atoms. The van der Waals surface area contributed by atoms with E-state index in [4.69, 9.17) is 5.26 Å². The van der Waals surface area contributed by atoms with E-state index in [1.54, 1.807) is 6.07 Å². The first-order chi connectivity index (χ1) is 11.9. The quantitative estimate of drug-likeness (QED) is 0.791. The minimum absolute atomic E-state index is 0.0793. The number of carbonyl (C=O) groups is 1. The summed E-state index contributed by atoms with van der Waals surface area (Å²) < 4.78 is 23.5. The first-order valence-electron chi connectivity index (χ1n) is 8.31. The molecule has 0 unspecified atom stereocenters. The second kappa shape index (κ2) is 5.53. The number of hydrogen-bond donors (Lipinski definition) is 0. The number of ketones is 1. The van der Waals surface area contributed by atoms with Gasteiger partial charge in [0.1, 0.15) is 9.84 Å². The van der Waals surface area contributed by atoms with Gasteiger partial charge in [0.15, 0.2) is 5.78 Å². The second-order valence-corrected chi connectivity index (χ2v) is 9.31. The van der Waals surface area contributed by atoms with Crippen LogP contribution < -0.4 is 0 Å². The molecular formula is C20H17NO3S. The number of carbonyl (C=O) groups excluding carboxylic acids is 1. The Kier molecular flexibility index (Phi) is 3.55. The predicted molar refractivity (Wildman–Crippen MR) is 94.9 cm³/mol. The monoisotopic (exact) mass is 351 g/mol. The standard InChI is InChI=1S/C20H17NO3S/c21-13-14-2-1-3-15(10-14)16-4-5-17-12-20(19(22)18(17)11-16)6-8-25(23,24)9-7-20/h1-5,10-11H,6-9,12H2. The van der Waals surface area contributed by atoms with Gasteiger partial charge in [-0.2, -0.15) is 5.26 Å². The van der Waals surface area contributed by atoms with Gasteiger partial charge in [0.05, 0.1) is 23.1 Å². The fourth-order valence-corrected chi connectivity index (χ4v) is 5.56. The van der Waals surface area contributed by atoms with Gasteiger partial charge in [0.25, 0.3) is 0 Å². The van der Waals surface area contributed by atoms with Gasteiger partial charge in [-0.3, -0.25) is 4.79 Å². The molecule has 1 aliphatic carbocycles. The smallest absolute Gasteiger partial charge is 0.169 e. The van der Waals surface area contributed by atoms with E-state index in [1.807, 2.05) is 36.4 Å². The maximum absolute atomic E-state index is 13.0. The molecule has 4 rings (SSSR count). The minimum atomic E-state index is -3.00. The number of rotatable bonds is 1. The molecule has 0 N–H and O–H groups in total. The van der Waals surface area contributed by atoms with E-state index in [9.17, 15) is 13.2 Å². The molecule has 0 amide bonds. The van der Waals surface area contributed by atoms with E-state index in [-0.39, 0.29) is 17.3 Å². The highest BCUT2D eigenvalue weighted by molar-refractivity contribution is 7.91. The average molecular weight is 351 g/mol. The van der Waals surface area contributed by atoms with Crippen molar-refractivity contribution in [3.05, 3.63) is 59.2 Å². The summed E-state index contributed by atoms with van der Waals surface area (Å²) in [7, 11) is -3.00. The predicted octanol–water partition coefficient (Wildman–Crippen LogP) is 3.16. The summed E-state index contributed by atoms with van der Waals surface area (Å²) in [5, 5.41) is 9.06. The van der Waals surface area contributed by atoms with Gasteiger partial charge in [-0.25, -0.2) is 8.42 Å². The molecule has 126 valence electrons. The molecule has 1 heterocycles. The Hall–Kier alpha value is -2.45. The lowest BCUT2D eigenvalue weighted by molar-refractivity contribution is 0.0802. The van der Waals surface area contributed by atoms with Crippen molar-refractivity contribution in [1.29, 1.82) is 5.26 Å². The Morgan fingerprint density at radius 2 is 1.72 bits per heavy atom. The van der Waals surface area contributed by atoms with Crippen LogP contribution in [0.15, 0.2) is 42.5 Å². The first kappa shape index (κ1) is 16.0. The van der Waals surface area contributed by atoms with E-state index in [2.05, 4.69) is 6.07 Å². The largest absolute Gasteiger partial charge is 0.294 e. The zero-order valence-corrected chi connectivity index (χ0v) is 14.5. The van der Waals surface area contributed by atoms with Crippen LogP contribution in [0.4, 0.5) is 0 Å². The van der Waals surface area contributed by atoms with Crippen LogP contribution in [0, 0.1) is 16.7 Å². The molecule has 0 radical (unpaired) electrons. The summed E-state index contributed by atoms with van der Waals surface area (Å²) in [6.07, 6.45) is 1.47. The van der Waals surface area contributed by atoms with Crippen LogP contribution in [0.3, 0.4) is 0 Å². The molecule has 2 aliphatic rings. The summed E-state index contributed by atoms with van der Waals surface area (Å²) in [5.74, 6) is 0.281. The van der Waals surface area contributed by atoms with Crippen LogP contribution in [0.1, 0.15) is 34.3 Å². The van der Waals surface area contributed by atoms with Gasteiger partial charge < -0.3 is 0 Å². The second-order valence-electron chi connectivity index (χ2n) is 7.00. The zero-order valence-electron chi connectivity index (χ0n) is 13.7. The maximum atomic E-state index is 13.0. The number of hydrogen-bond acceptors (Lipinski definition) is 4. The van der Waals surface area contributed by atoms with Crippen molar-refractivity contribution in [2.45, 2.75) is 19.3 Å². The molecule has 1 saturated heterocycles. The number of fused-ring (bicyclic) bond motifs is 1. The highest BCUT2D eigenvalue weighted by atomic mass is 32.2.